The van der Waals surface area contributed by atoms with Crippen LogP contribution in [0.25, 0.3) is 0 Å². The summed E-state index contributed by atoms with van der Waals surface area (Å²) in [7, 11) is 0. The molecule has 0 aromatic rings. The average Bonchev–Trinajstić information content (AvgIpc) is 2.30. The van der Waals surface area contributed by atoms with Crippen molar-refractivity contribution in [3.63, 3.8) is 0 Å². The summed E-state index contributed by atoms with van der Waals surface area (Å²) >= 11 is 0. The molecule has 17 heavy (non-hydrogen) atoms. The van der Waals surface area contributed by atoms with Crippen LogP contribution in [0.15, 0.2) is 0 Å². The molecular formula is C12H23NO4. The number of hydroxylamine groups is 2. The Kier molecular flexibility index (Phi) is 8.40. The van der Waals surface area contributed by atoms with Crippen LogP contribution >= 0.6 is 0 Å². The van der Waals surface area contributed by atoms with Crippen LogP contribution in [0.5, 0.6) is 0 Å². The molecule has 0 saturated heterocycles. The van der Waals surface area contributed by atoms with Crippen molar-refractivity contribution in [3.8, 4) is 0 Å². The van der Waals surface area contributed by atoms with Crippen LogP contribution < -0.4 is 0 Å². The van der Waals surface area contributed by atoms with Gasteiger partial charge in [-0.15, -0.1) is 0 Å². The second-order valence-corrected chi connectivity index (χ2v) is 4.19. The van der Waals surface area contributed by atoms with E-state index >= 15 is 0 Å². The molecule has 1 amide bonds. The highest BCUT2D eigenvalue weighted by atomic mass is 16.5. The Bertz CT molecular complexity index is 243. The first-order valence-electron chi connectivity index (χ1n) is 6.28. The van der Waals surface area contributed by atoms with Gasteiger partial charge in [0.15, 0.2) is 6.04 Å². The van der Waals surface area contributed by atoms with Crippen LogP contribution in [-0.2, 0) is 9.59 Å². The van der Waals surface area contributed by atoms with Crippen molar-refractivity contribution in [2.75, 3.05) is 0 Å². The largest absolute Gasteiger partial charge is 0.480 e. The van der Waals surface area contributed by atoms with Crippen molar-refractivity contribution in [1.29, 1.82) is 0 Å². The monoisotopic (exact) mass is 245 g/mol. The molecule has 100 valence electrons. The Labute approximate surface area is 102 Å². The van der Waals surface area contributed by atoms with E-state index in [2.05, 4.69) is 6.92 Å². The van der Waals surface area contributed by atoms with Crippen molar-refractivity contribution < 1.29 is 19.9 Å². The SMILES string of the molecule is CCCCCCC(=O)N(O)[C@H](CCC)C(=O)O. The lowest BCUT2D eigenvalue weighted by molar-refractivity contribution is -0.186. The molecule has 0 aliphatic carbocycles. The summed E-state index contributed by atoms with van der Waals surface area (Å²) in [5, 5.41) is 18.8. The summed E-state index contributed by atoms with van der Waals surface area (Å²) in [4.78, 5) is 22.4. The lowest BCUT2D eigenvalue weighted by atomic mass is 10.1. The second-order valence-electron chi connectivity index (χ2n) is 4.19. The van der Waals surface area contributed by atoms with Gasteiger partial charge in [0.05, 0.1) is 0 Å². The summed E-state index contributed by atoms with van der Waals surface area (Å²) in [6.45, 7) is 3.89. The number of carboxylic acid groups (broad SMARTS) is 1. The molecule has 0 saturated carbocycles. The van der Waals surface area contributed by atoms with Crippen LogP contribution in [0, 0.1) is 0 Å². The van der Waals surface area contributed by atoms with E-state index in [1.54, 1.807) is 0 Å². The molecule has 0 aromatic carbocycles. The zero-order chi connectivity index (χ0) is 13.3. The average molecular weight is 245 g/mol. The number of carbonyl (C=O) groups is 2. The fourth-order valence-electron chi connectivity index (χ4n) is 1.62. The fourth-order valence-corrected chi connectivity index (χ4v) is 1.62. The van der Waals surface area contributed by atoms with E-state index in [9.17, 15) is 14.8 Å². The third kappa shape index (κ3) is 6.26. The van der Waals surface area contributed by atoms with Crippen molar-refractivity contribution in [2.45, 2.75) is 64.8 Å². The van der Waals surface area contributed by atoms with Gasteiger partial charge in [0.25, 0.3) is 0 Å². The number of amides is 1. The van der Waals surface area contributed by atoms with E-state index in [0.29, 0.717) is 17.9 Å². The van der Waals surface area contributed by atoms with E-state index in [1.165, 1.54) is 0 Å². The minimum atomic E-state index is -1.16. The Morgan fingerprint density at radius 1 is 1.12 bits per heavy atom. The smallest absolute Gasteiger partial charge is 0.329 e. The summed E-state index contributed by atoms with van der Waals surface area (Å²) in [6, 6.07) is -1.11. The minimum absolute atomic E-state index is 0.212. The summed E-state index contributed by atoms with van der Waals surface area (Å²) < 4.78 is 0. The predicted molar refractivity (Wildman–Crippen MR) is 63.7 cm³/mol. The number of aliphatic carboxylic acids is 1. The molecule has 0 aliphatic heterocycles. The molecule has 0 rings (SSSR count). The van der Waals surface area contributed by atoms with Crippen LogP contribution in [0.1, 0.15) is 58.8 Å². The molecule has 0 heterocycles. The lowest BCUT2D eigenvalue weighted by Gasteiger charge is -2.22. The zero-order valence-electron chi connectivity index (χ0n) is 10.7. The number of unbranched alkanes of at least 4 members (excludes halogenated alkanes) is 3. The number of hydrogen-bond donors (Lipinski definition) is 2. The second kappa shape index (κ2) is 8.98. The van der Waals surface area contributed by atoms with Crippen LogP contribution in [0.4, 0.5) is 0 Å². The number of rotatable bonds is 9. The van der Waals surface area contributed by atoms with Gasteiger partial charge in [-0.2, -0.15) is 0 Å². The van der Waals surface area contributed by atoms with Crippen molar-refractivity contribution >= 4 is 11.9 Å². The highest BCUT2D eigenvalue weighted by molar-refractivity contribution is 5.82. The van der Waals surface area contributed by atoms with Crippen LogP contribution in [0.2, 0.25) is 0 Å². The van der Waals surface area contributed by atoms with Gasteiger partial charge in [0, 0.05) is 6.42 Å². The maximum atomic E-state index is 11.5. The van der Waals surface area contributed by atoms with Gasteiger partial charge in [-0.1, -0.05) is 39.5 Å². The van der Waals surface area contributed by atoms with E-state index < -0.39 is 17.9 Å². The van der Waals surface area contributed by atoms with Crippen molar-refractivity contribution in [2.24, 2.45) is 0 Å². The minimum Gasteiger partial charge on any atom is -0.480 e. The molecule has 5 nitrogen and oxygen atoms in total. The lowest BCUT2D eigenvalue weighted by Crippen LogP contribution is -2.42. The Balaban J connectivity index is 4.11. The van der Waals surface area contributed by atoms with Crippen molar-refractivity contribution in [3.05, 3.63) is 0 Å². The fraction of sp³-hybridized carbons (Fsp3) is 0.833. The molecule has 5 heteroatoms. The van der Waals surface area contributed by atoms with E-state index in [0.717, 1.165) is 19.3 Å². The van der Waals surface area contributed by atoms with Crippen LogP contribution in [-0.4, -0.2) is 33.3 Å². The van der Waals surface area contributed by atoms with E-state index in [-0.39, 0.29) is 12.8 Å². The van der Waals surface area contributed by atoms with Gasteiger partial charge in [0.2, 0.25) is 5.91 Å². The molecule has 2 N–H and O–H groups in total. The molecule has 1 atom stereocenters. The maximum absolute atomic E-state index is 11.5. The summed E-state index contributed by atoms with van der Waals surface area (Å²) in [5.74, 6) is -1.65. The zero-order valence-corrected chi connectivity index (χ0v) is 10.7. The molecule has 0 radical (unpaired) electrons. The number of carboxylic acids is 1. The first-order chi connectivity index (χ1) is 8.04. The first-order valence-corrected chi connectivity index (χ1v) is 6.28. The quantitative estimate of drug-likeness (QED) is 0.371. The topological polar surface area (TPSA) is 77.8 Å². The summed E-state index contributed by atoms with van der Waals surface area (Å²) in [6.07, 6.45) is 4.85. The molecule has 0 unspecified atom stereocenters. The third-order valence-corrected chi connectivity index (χ3v) is 2.64. The first kappa shape index (κ1) is 15.9. The van der Waals surface area contributed by atoms with Gasteiger partial charge in [0.1, 0.15) is 0 Å². The van der Waals surface area contributed by atoms with Gasteiger partial charge in [-0.25, -0.2) is 9.86 Å². The number of nitrogens with zero attached hydrogens (tertiary/aromatic N) is 1. The van der Waals surface area contributed by atoms with Gasteiger partial charge in [-0.05, 0) is 12.8 Å². The summed E-state index contributed by atoms with van der Waals surface area (Å²) in [5.41, 5.74) is 0. The third-order valence-electron chi connectivity index (χ3n) is 2.64. The van der Waals surface area contributed by atoms with E-state index in [4.69, 9.17) is 5.11 Å². The highest BCUT2D eigenvalue weighted by Crippen LogP contribution is 2.10. The molecule has 0 aromatic heterocycles. The molecular weight excluding hydrogens is 222 g/mol. The van der Waals surface area contributed by atoms with Gasteiger partial charge in [-0.3, -0.25) is 10.0 Å². The van der Waals surface area contributed by atoms with E-state index in [1.807, 2.05) is 6.92 Å². The highest BCUT2D eigenvalue weighted by Gasteiger charge is 2.27. The molecule has 0 bridgehead atoms. The van der Waals surface area contributed by atoms with Crippen LogP contribution in [0.3, 0.4) is 0 Å². The predicted octanol–water partition coefficient (Wildman–Crippen LogP) is 2.43. The molecule has 0 fully saturated rings. The Hall–Kier alpha value is -1.10. The molecule has 0 spiro atoms. The molecule has 0 aliphatic rings. The Morgan fingerprint density at radius 2 is 1.76 bits per heavy atom. The van der Waals surface area contributed by atoms with Gasteiger partial charge < -0.3 is 5.11 Å². The normalized spacial score (nSPS) is 12.2. The number of hydrogen-bond acceptors (Lipinski definition) is 3. The number of carbonyl (C=O) groups excluding carboxylic acids is 1. The Morgan fingerprint density at radius 3 is 2.24 bits per heavy atom. The van der Waals surface area contributed by atoms with Crippen molar-refractivity contribution in [1.82, 2.24) is 5.06 Å². The van der Waals surface area contributed by atoms with Gasteiger partial charge >= 0.3 is 5.97 Å². The standard InChI is InChI=1S/C12H23NO4/c1-3-5-6-7-9-11(14)13(17)10(8-4-2)12(15)16/h10,17H,3-9H2,1-2H3,(H,15,16)/t10-/m1/s1. The maximum Gasteiger partial charge on any atom is 0.329 e.